The van der Waals surface area contributed by atoms with E-state index in [1.54, 1.807) is 6.20 Å². The maximum Gasteiger partial charge on any atom is 0.175 e. The van der Waals surface area contributed by atoms with Crippen LogP contribution in [0.5, 0.6) is 0 Å². The Labute approximate surface area is 112 Å². The van der Waals surface area contributed by atoms with E-state index in [4.69, 9.17) is 0 Å². The van der Waals surface area contributed by atoms with Crippen molar-refractivity contribution in [3.05, 3.63) is 30.5 Å². The summed E-state index contributed by atoms with van der Waals surface area (Å²) in [6, 6.07) is 8.05. The van der Waals surface area contributed by atoms with Crippen LogP contribution in [0.4, 0.5) is 5.82 Å². The highest BCUT2D eigenvalue weighted by Crippen LogP contribution is 2.18. The van der Waals surface area contributed by atoms with Gasteiger partial charge in [-0.1, -0.05) is 30.7 Å². The monoisotopic (exact) mass is 255 g/mol. The van der Waals surface area contributed by atoms with Gasteiger partial charge in [-0.3, -0.25) is 15.8 Å². The predicted molar refractivity (Wildman–Crippen MR) is 77.1 cm³/mol. The van der Waals surface area contributed by atoms with E-state index in [0.717, 1.165) is 35.4 Å². The Morgan fingerprint density at radius 3 is 2.95 bits per heavy atom. The van der Waals surface area contributed by atoms with Crippen molar-refractivity contribution >= 4 is 22.4 Å². The fraction of sp³-hybridized carbons (Fsp3) is 0.357. The third kappa shape index (κ3) is 2.81. The average molecular weight is 255 g/mol. The standard InChI is InChI=1S/C14H17N5/c1-2-8-13(15-9-5-1)17-19-14-12-7-4-3-6-11(12)10-16-18-14/h3-4,6-7,10H,1-2,5,8-9H2,(H,15,17)(H,18,19). The molecule has 0 saturated carbocycles. The first kappa shape index (κ1) is 11.9. The first-order valence-electron chi connectivity index (χ1n) is 6.69. The summed E-state index contributed by atoms with van der Waals surface area (Å²) < 4.78 is 0. The SMILES string of the molecule is c1ccc2c(NNC3=NCCCCC3)nncc2c1. The minimum absolute atomic E-state index is 0.741. The molecule has 0 saturated heterocycles. The van der Waals surface area contributed by atoms with Crippen molar-refractivity contribution in [1.29, 1.82) is 0 Å². The third-order valence-electron chi connectivity index (χ3n) is 3.27. The van der Waals surface area contributed by atoms with Crippen LogP contribution in [0.1, 0.15) is 25.7 Å². The van der Waals surface area contributed by atoms with E-state index in [2.05, 4.69) is 26.0 Å². The molecule has 0 bridgehead atoms. The number of nitrogens with zero attached hydrogens (tertiary/aromatic N) is 3. The van der Waals surface area contributed by atoms with E-state index in [0.29, 0.717) is 0 Å². The number of hydrogen-bond donors (Lipinski definition) is 2. The van der Waals surface area contributed by atoms with Gasteiger partial charge < -0.3 is 0 Å². The number of hydrogen-bond acceptors (Lipinski definition) is 5. The summed E-state index contributed by atoms with van der Waals surface area (Å²) in [5, 5.41) is 10.3. The lowest BCUT2D eigenvalue weighted by Gasteiger charge is -2.11. The van der Waals surface area contributed by atoms with Crippen molar-refractivity contribution in [2.45, 2.75) is 25.7 Å². The second-order valence-electron chi connectivity index (χ2n) is 4.67. The van der Waals surface area contributed by atoms with Gasteiger partial charge in [0.25, 0.3) is 0 Å². The Balaban J connectivity index is 1.76. The molecule has 5 heteroatoms. The summed E-state index contributed by atoms with van der Waals surface area (Å²) in [6.45, 7) is 0.908. The molecule has 1 aromatic heterocycles. The summed E-state index contributed by atoms with van der Waals surface area (Å²) >= 11 is 0. The molecule has 98 valence electrons. The van der Waals surface area contributed by atoms with Crippen LogP contribution in [0.2, 0.25) is 0 Å². The molecule has 0 amide bonds. The summed E-state index contributed by atoms with van der Waals surface area (Å²) in [5.74, 6) is 1.75. The zero-order valence-corrected chi connectivity index (χ0v) is 10.8. The predicted octanol–water partition coefficient (Wildman–Crippen LogP) is 2.52. The topological polar surface area (TPSA) is 62.2 Å². The Bertz CT molecular complexity index is 588. The number of amidine groups is 1. The minimum Gasteiger partial charge on any atom is -0.287 e. The molecule has 2 heterocycles. The lowest BCUT2D eigenvalue weighted by molar-refractivity contribution is 0.729. The Kier molecular flexibility index (Phi) is 3.54. The third-order valence-corrected chi connectivity index (χ3v) is 3.27. The van der Waals surface area contributed by atoms with E-state index >= 15 is 0 Å². The Morgan fingerprint density at radius 1 is 1.00 bits per heavy atom. The number of anilines is 1. The average Bonchev–Trinajstić information content (AvgIpc) is 2.74. The van der Waals surface area contributed by atoms with E-state index in [-0.39, 0.29) is 0 Å². The molecule has 1 aromatic carbocycles. The van der Waals surface area contributed by atoms with Crippen molar-refractivity contribution in [2.75, 3.05) is 12.0 Å². The molecule has 0 atom stereocenters. The molecule has 0 spiro atoms. The molecular weight excluding hydrogens is 238 g/mol. The minimum atomic E-state index is 0.741. The molecule has 3 rings (SSSR count). The van der Waals surface area contributed by atoms with Crippen LogP contribution in [0.25, 0.3) is 10.8 Å². The van der Waals surface area contributed by atoms with Gasteiger partial charge in [-0.15, -0.1) is 5.10 Å². The lowest BCUT2D eigenvalue weighted by atomic mass is 10.2. The second-order valence-corrected chi connectivity index (χ2v) is 4.67. The highest BCUT2D eigenvalue weighted by Gasteiger charge is 2.06. The van der Waals surface area contributed by atoms with Gasteiger partial charge in [-0.2, -0.15) is 5.10 Å². The van der Waals surface area contributed by atoms with Crippen LogP contribution >= 0.6 is 0 Å². The van der Waals surface area contributed by atoms with Gasteiger partial charge in [0.1, 0.15) is 5.84 Å². The van der Waals surface area contributed by atoms with Crippen LogP contribution in [-0.2, 0) is 0 Å². The first-order chi connectivity index (χ1) is 9.43. The van der Waals surface area contributed by atoms with E-state index in [1.165, 1.54) is 19.3 Å². The van der Waals surface area contributed by atoms with Crippen molar-refractivity contribution in [3.8, 4) is 0 Å². The maximum absolute atomic E-state index is 4.51. The molecule has 5 nitrogen and oxygen atoms in total. The summed E-state index contributed by atoms with van der Waals surface area (Å²) in [5.41, 5.74) is 6.30. The largest absolute Gasteiger partial charge is 0.287 e. The highest BCUT2D eigenvalue weighted by molar-refractivity contribution is 5.92. The normalized spacial score (nSPS) is 15.7. The molecule has 0 unspecified atom stereocenters. The number of nitrogens with one attached hydrogen (secondary N) is 2. The van der Waals surface area contributed by atoms with E-state index in [9.17, 15) is 0 Å². The zero-order chi connectivity index (χ0) is 12.9. The second kappa shape index (κ2) is 5.65. The van der Waals surface area contributed by atoms with Crippen molar-refractivity contribution in [3.63, 3.8) is 0 Å². The number of hydrazine groups is 1. The lowest BCUT2D eigenvalue weighted by Crippen LogP contribution is -2.30. The van der Waals surface area contributed by atoms with Crippen LogP contribution in [0.15, 0.2) is 35.5 Å². The fourth-order valence-corrected chi connectivity index (χ4v) is 2.23. The van der Waals surface area contributed by atoms with E-state index in [1.807, 2.05) is 24.3 Å². The van der Waals surface area contributed by atoms with Crippen molar-refractivity contribution in [1.82, 2.24) is 15.6 Å². The van der Waals surface area contributed by atoms with Crippen LogP contribution in [0.3, 0.4) is 0 Å². The first-order valence-corrected chi connectivity index (χ1v) is 6.69. The van der Waals surface area contributed by atoms with Gasteiger partial charge in [-0.05, 0) is 12.8 Å². The molecule has 2 aromatic rings. The van der Waals surface area contributed by atoms with E-state index < -0.39 is 0 Å². The van der Waals surface area contributed by atoms with Crippen LogP contribution in [-0.4, -0.2) is 22.6 Å². The number of rotatable bonds is 2. The summed E-state index contributed by atoms with van der Waals surface area (Å²) in [6.07, 6.45) is 6.38. The molecule has 2 N–H and O–H groups in total. The molecular formula is C14H17N5. The fourth-order valence-electron chi connectivity index (χ4n) is 2.23. The van der Waals surface area contributed by atoms with Gasteiger partial charge in [0, 0.05) is 23.7 Å². The maximum atomic E-state index is 4.51. The molecule has 1 aliphatic heterocycles. The van der Waals surface area contributed by atoms with Gasteiger partial charge in [-0.25, -0.2) is 0 Å². The van der Waals surface area contributed by atoms with Crippen LogP contribution < -0.4 is 10.9 Å². The summed E-state index contributed by atoms with van der Waals surface area (Å²) in [4.78, 5) is 4.51. The number of fused-ring (bicyclic) bond motifs is 1. The van der Waals surface area contributed by atoms with Gasteiger partial charge in [0.05, 0.1) is 6.20 Å². The Hall–Kier alpha value is -2.17. The van der Waals surface area contributed by atoms with Crippen molar-refractivity contribution in [2.24, 2.45) is 4.99 Å². The van der Waals surface area contributed by atoms with Gasteiger partial charge in [0.2, 0.25) is 0 Å². The molecule has 1 aliphatic rings. The van der Waals surface area contributed by atoms with Gasteiger partial charge in [0.15, 0.2) is 5.82 Å². The van der Waals surface area contributed by atoms with Crippen LogP contribution in [0, 0.1) is 0 Å². The number of benzene rings is 1. The molecule has 19 heavy (non-hydrogen) atoms. The number of aliphatic imine (C=N–C) groups is 1. The molecule has 0 aliphatic carbocycles. The smallest absolute Gasteiger partial charge is 0.175 e. The van der Waals surface area contributed by atoms with Crippen molar-refractivity contribution < 1.29 is 0 Å². The zero-order valence-electron chi connectivity index (χ0n) is 10.8. The quantitative estimate of drug-likeness (QED) is 0.809. The Morgan fingerprint density at radius 2 is 1.95 bits per heavy atom. The molecule has 0 fully saturated rings. The van der Waals surface area contributed by atoms with Gasteiger partial charge >= 0.3 is 0 Å². The highest BCUT2D eigenvalue weighted by atomic mass is 15.4. The molecule has 0 radical (unpaired) electrons. The number of aromatic nitrogens is 2. The summed E-state index contributed by atoms with van der Waals surface area (Å²) in [7, 11) is 0.